The lowest BCUT2D eigenvalue weighted by molar-refractivity contribution is 0.182. The number of anilines is 3. The van der Waals surface area contributed by atoms with Crippen molar-refractivity contribution in [3.63, 3.8) is 0 Å². The van der Waals surface area contributed by atoms with Crippen LogP contribution >= 0.6 is 0 Å². The molecule has 184 valence electrons. The third-order valence-corrected chi connectivity index (χ3v) is 6.48. The first-order valence-corrected chi connectivity index (χ1v) is 12.0. The zero-order chi connectivity index (χ0) is 24.6. The predicted molar refractivity (Wildman–Crippen MR) is 144 cm³/mol. The molecule has 0 spiro atoms. The highest BCUT2D eigenvalue weighted by atomic mass is 16.5. The van der Waals surface area contributed by atoms with Crippen LogP contribution in [0.5, 0.6) is 5.75 Å². The number of hydrogen-bond donors (Lipinski definition) is 2. The summed E-state index contributed by atoms with van der Waals surface area (Å²) in [6, 6.07) is 26.4. The number of amides is 2. The summed E-state index contributed by atoms with van der Waals surface area (Å²) < 4.78 is 5.35. The molecule has 0 radical (unpaired) electrons. The molecule has 7 heteroatoms. The lowest BCUT2D eigenvalue weighted by Gasteiger charge is -2.40. The number of benzene rings is 3. The average molecular weight is 474 g/mol. The number of carbonyl (C=O) groups is 1. The van der Waals surface area contributed by atoms with Crippen LogP contribution in [0.2, 0.25) is 0 Å². The van der Waals surface area contributed by atoms with Crippen LogP contribution in [-0.2, 0) is 0 Å². The topological polar surface area (TPSA) is 60.1 Å². The van der Waals surface area contributed by atoms with Crippen molar-refractivity contribution >= 4 is 23.1 Å². The fourth-order valence-corrected chi connectivity index (χ4v) is 4.49. The summed E-state index contributed by atoms with van der Waals surface area (Å²) in [5.41, 5.74) is 4.26. The van der Waals surface area contributed by atoms with E-state index >= 15 is 0 Å². The zero-order valence-corrected chi connectivity index (χ0v) is 20.8. The van der Waals surface area contributed by atoms with Crippen LogP contribution in [0.15, 0.2) is 78.9 Å². The van der Waals surface area contributed by atoms with E-state index in [1.165, 1.54) is 11.3 Å². The number of para-hydroxylation sites is 3. The number of rotatable bonds is 8. The summed E-state index contributed by atoms with van der Waals surface area (Å²) in [5, 5.41) is 6.00. The Morgan fingerprint density at radius 2 is 1.57 bits per heavy atom. The third kappa shape index (κ3) is 6.25. The molecule has 3 aromatic rings. The summed E-state index contributed by atoms with van der Waals surface area (Å²) >= 11 is 0. The van der Waals surface area contributed by atoms with Crippen molar-refractivity contribution in [3.8, 4) is 5.75 Å². The molecular formula is C28H35N5O2. The molecule has 0 bridgehead atoms. The van der Waals surface area contributed by atoms with Crippen LogP contribution in [0.25, 0.3) is 0 Å². The largest absolute Gasteiger partial charge is 0.495 e. The van der Waals surface area contributed by atoms with Gasteiger partial charge in [0.05, 0.1) is 18.8 Å². The van der Waals surface area contributed by atoms with Crippen LogP contribution in [-0.4, -0.2) is 64.9 Å². The van der Waals surface area contributed by atoms with Gasteiger partial charge in [0.15, 0.2) is 0 Å². The van der Waals surface area contributed by atoms with Crippen molar-refractivity contribution < 1.29 is 9.53 Å². The summed E-state index contributed by atoms with van der Waals surface area (Å²) in [4.78, 5) is 19.7. The second-order valence-corrected chi connectivity index (χ2v) is 8.90. The molecule has 1 unspecified atom stereocenters. The minimum atomic E-state index is -0.243. The molecule has 4 rings (SSSR count). The van der Waals surface area contributed by atoms with E-state index in [0.717, 1.165) is 31.9 Å². The maximum atomic E-state index is 12.8. The number of ether oxygens (including phenoxy) is 1. The molecule has 0 saturated carbocycles. The van der Waals surface area contributed by atoms with Crippen molar-refractivity contribution in [2.24, 2.45) is 0 Å². The van der Waals surface area contributed by atoms with Gasteiger partial charge in [-0.3, -0.25) is 4.90 Å². The Kier molecular flexibility index (Phi) is 8.11. The molecule has 7 nitrogen and oxygen atoms in total. The maximum Gasteiger partial charge on any atom is 0.319 e. The Bertz CT molecular complexity index is 1080. The van der Waals surface area contributed by atoms with Crippen LogP contribution < -0.4 is 25.2 Å². The molecule has 1 aliphatic heterocycles. The summed E-state index contributed by atoms with van der Waals surface area (Å²) in [7, 11) is 5.68. The van der Waals surface area contributed by atoms with Crippen molar-refractivity contribution in [3.05, 3.63) is 84.4 Å². The Hall–Kier alpha value is -3.71. The predicted octanol–water partition coefficient (Wildman–Crippen LogP) is 4.45. The molecule has 1 fully saturated rings. The van der Waals surface area contributed by atoms with E-state index in [9.17, 15) is 4.79 Å². The molecule has 1 aliphatic rings. The Morgan fingerprint density at radius 1 is 0.914 bits per heavy atom. The standard InChI is InChI=1S/C28H35N5O2/c1-31(2)23-15-13-22(14-16-23)26(21-29-28(34)30-25-11-7-8-12-27(25)35-3)33-19-17-32(18-20-33)24-9-5-4-6-10-24/h4-16,26H,17-21H2,1-3H3,(H2,29,30,34). The number of nitrogens with one attached hydrogen (secondary N) is 2. The third-order valence-electron chi connectivity index (χ3n) is 6.48. The van der Waals surface area contributed by atoms with Crippen LogP contribution in [0.3, 0.4) is 0 Å². The van der Waals surface area contributed by atoms with Gasteiger partial charge in [-0.15, -0.1) is 0 Å². The van der Waals surface area contributed by atoms with E-state index in [4.69, 9.17) is 4.74 Å². The number of hydrogen-bond acceptors (Lipinski definition) is 5. The average Bonchev–Trinajstić information content (AvgIpc) is 2.90. The number of nitrogens with zero attached hydrogens (tertiary/aromatic N) is 3. The molecule has 1 heterocycles. The van der Waals surface area contributed by atoms with E-state index in [1.807, 2.05) is 38.4 Å². The summed E-state index contributed by atoms with van der Waals surface area (Å²) in [6.45, 7) is 4.25. The summed E-state index contributed by atoms with van der Waals surface area (Å²) in [5.74, 6) is 0.635. The fourth-order valence-electron chi connectivity index (χ4n) is 4.49. The van der Waals surface area contributed by atoms with Crippen LogP contribution in [0, 0.1) is 0 Å². The Morgan fingerprint density at radius 3 is 2.23 bits per heavy atom. The van der Waals surface area contributed by atoms with Gasteiger partial charge >= 0.3 is 6.03 Å². The Labute approximate surface area is 208 Å². The van der Waals surface area contributed by atoms with E-state index in [2.05, 4.69) is 79.9 Å². The number of carbonyl (C=O) groups excluding carboxylic acids is 1. The van der Waals surface area contributed by atoms with Crippen LogP contribution in [0.1, 0.15) is 11.6 Å². The summed E-state index contributed by atoms with van der Waals surface area (Å²) in [6.07, 6.45) is 0. The maximum absolute atomic E-state index is 12.8. The molecule has 0 aromatic heterocycles. The SMILES string of the molecule is COc1ccccc1NC(=O)NCC(c1ccc(N(C)C)cc1)N1CCN(c2ccccc2)CC1. The Balaban J connectivity index is 1.45. The first-order chi connectivity index (χ1) is 17.0. The monoisotopic (exact) mass is 473 g/mol. The van der Waals surface area contributed by atoms with Gasteiger partial charge in [0.25, 0.3) is 0 Å². The second-order valence-electron chi connectivity index (χ2n) is 8.90. The highest BCUT2D eigenvalue weighted by Crippen LogP contribution is 2.26. The van der Waals surface area contributed by atoms with Gasteiger partial charge in [-0.1, -0.05) is 42.5 Å². The molecule has 2 N–H and O–H groups in total. The van der Waals surface area contributed by atoms with Crippen molar-refractivity contribution in [2.45, 2.75) is 6.04 Å². The highest BCUT2D eigenvalue weighted by Gasteiger charge is 2.26. The zero-order valence-electron chi connectivity index (χ0n) is 20.8. The smallest absolute Gasteiger partial charge is 0.319 e. The first-order valence-electron chi connectivity index (χ1n) is 12.0. The van der Waals surface area contributed by atoms with Gasteiger partial charge in [0.1, 0.15) is 5.75 Å². The molecule has 3 aromatic carbocycles. The normalized spacial score (nSPS) is 14.8. The van der Waals surface area contributed by atoms with Gasteiger partial charge in [0.2, 0.25) is 0 Å². The first kappa shape index (κ1) is 24.4. The minimum Gasteiger partial charge on any atom is -0.495 e. The van der Waals surface area contributed by atoms with Crippen LogP contribution in [0.4, 0.5) is 21.9 Å². The van der Waals surface area contributed by atoms with E-state index in [-0.39, 0.29) is 12.1 Å². The minimum absolute atomic E-state index is 0.0764. The number of piperazine rings is 1. The van der Waals surface area contributed by atoms with Gasteiger partial charge in [0, 0.05) is 58.2 Å². The fraction of sp³-hybridized carbons (Fsp3) is 0.321. The van der Waals surface area contributed by atoms with Crippen molar-refractivity contribution in [1.29, 1.82) is 0 Å². The van der Waals surface area contributed by atoms with Gasteiger partial charge < -0.3 is 25.2 Å². The van der Waals surface area contributed by atoms with Crippen molar-refractivity contribution in [1.82, 2.24) is 10.2 Å². The molecule has 0 aliphatic carbocycles. The molecular weight excluding hydrogens is 438 g/mol. The van der Waals surface area contributed by atoms with Gasteiger partial charge in [-0.25, -0.2) is 4.79 Å². The number of urea groups is 1. The van der Waals surface area contributed by atoms with Gasteiger partial charge in [-0.2, -0.15) is 0 Å². The lowest BCUT2D eigenvalue weighted by atomic mass is 10.0. The van der Waals surface area contributed by atoms with E-state index < -0.39 is 0 Å². The molecule has 1 atom stereocenters. The molecule has 1 saturated heterocycles. The molecule has 35 heavy (non-hydrogen) atoms. The highest BCUT2D eigenvalue weighted by molar-refractivity contribution is 5.90. The quantitative estimate of drug-likeness (QED) is 0.506. The van der Waals surface area contributed by atoms with E-state index in [0.29, 0.717) is 18.0 Å². The van der Waals surface area contributed by atoms with E-state index in [1.54, 1.807) is 7.11 Å². The number of methoxy groups -OCH3 is 1. The molecule has 2 amide bonds. The lowest BCUT2D eigenvalue weighted by Crippen LogP contribution is -2.50. The van der Waals surface area contributed by atoms with Crippen molar-refractivity contribution in [2.75, 3.05) is 69.0 Å². The second kappa shape index (κ2) is 11.6. The van der Waals surface area contributed by atoms with Gasteiger partial charge in [-0.05, 0) is 42.0 Å².